The maximum absolute atomic E-state index is 10.7. The van der Waals surface area contributed by atoms with Gasteiger partial charge in [0.05, 0.1) is 12.3 Å². The fourth-order valence-electron chi connectivity index (χ4n) is 1.79. The standard InChI is InChI=1S/C13H16N2O2S2/c1-3-10-6-14-13(19-8-12(16)17)15(10)7-11-9(2)4-5-18-11/h4-6H,3,7-8H2,1-2H3,(H,16,17). The van der Waals surface area contributed by atoms with Crippen LogP contribution in [0.5, 0.6) is 0 Å². The Balaban J connectivity index is 2.23. The molecule has 2 heterocycles. The molecule has 102 valence electrons. The second-order valence-corrected chi connectivity index (χ2v) is 6.12. The second kappa shape index (κ2) is 6.25. The van der Waals surface area contributed by atoms with Crippen molar-refractivity contribution in [2.75, 3.05) is 5.75 Å². The third kappa shape index (κ3) is 3.39. The lowest BCUT2D eigenvalue weighted by Crippen LogP contribution is -2.07. The van der Waals surface area contributed by atoms with E-state index in [0.717, 1.165) is 23.8 Å². The second-order valence-electron chi connectivity index (χ2n) is 4.18. The van der Waals surface area contributed by atoms with Crippen molar-refractivity contribution >= 4 is 29.1 Å². The van der Waals surface area contributed by atoms with Crippen LogP contribution in [0.15, 0.2) is 22.8 Å². The monoisotopic (exact) mass is 296 g/mol. The van der Waals surface area contributed by atoms with E-state index >= 15 is 0 Å². The zero-order valence-electron chi connectivity index (χ0n) is 10.9. The summed E-state index contributed by atoms with van der Waals surface area (Å²) in [6, 6.07) is 2.10. The molecular weight excluding hydrogens is 280 g/mol. The zero-order chi connectivity index (χ0) is 13.8. The number of aryl methyl sites for hydroxylation is 2. The maximum Gasteiger partial charge on any atom is 0.313 e. The molecule has 0 unspecified atom stereocenters. The van der Waals surface area contributed by atoms with Crippen LogP contribution in [-0.4, -0.2) is 26.4 Å². The predicted molar refractivity (Wildman–Crippen MR) is 78.1 cm³/mol. The molecule has 0 spiro atoms. The fraction of sp³-hybridized carbons (Fsp3) is 0.385. The molecule has 0 radical (unpaired) electrons. The Kier molecular flexibility index (Phi) is 4.66. The molecule has 0 saturated heterocycles. The van der Waals surface area contributed by atoms with Crippen LogP contribution in [-0.2, 0) is 17.8 Å². The van der Waals surface area contributed by atoms with E-state index in [-0.39, 0.29) is 5.75 Å². The lowest BCUT2D eigenvalue weighted by molar-refractivity contribution is -0.133. The van der Waals surface area contributed by atoms with Gasteiger partial charge < -0.3 is 9.67 Å². The first kappa shape index (κ1) is 14.1. The van der Waals surface area contributed by atoms with Crippen molar-refractivity contribution in [1.82, 2.24) is 9.55 Å². The summed E-state index contributed by atoms with van der Waals surface area (Å²) in [6.07, 6.45) is 2.73. The van der Waals surface area contributed by atoms with E-state index in [1.807, 2.05) is 6.20 Å². The lowest BCUT2D eigenvalue weighted by atomic mass is 10.3. The van der Waals surface area contributed by atoms with E-state index < -0.39 is 5.97 Å². The van der Waals surface area contributed by atoms with Crippen molar-refractivity contribution in [3.8, 4) is 0 Å². The van der Waals surface area contributed by atoms with Gasteiger partial charge in [-0.1, -0.05) is 18.7 Å². The fourth-order valence-corrected chi connectivity index (χ4v) is 3.41. The van der Waals surface area contributed by atoms with Crippen LogP contribution in [0.2, 0.25) is 0 Å². The first-order valence-corrected chi connectivity index (χ1v) is 7.90. The summed E-state index contributed by atoms with van der Waals surface area (Å²) in [6.45, 7) is 4.95. The largest absolute Gasteiger partial charge is 0.481 e. The smallest absolute Gasteiger partial charge is 0.313 e. The van der Waals surface area contributed by atoms with Crippen molar-refractivity contribution in [1.29, 1.82) is 0 Å². The molecule has 0 atom stereocenters. The number of thioether (sulfide) groups is 1. The highest BCUT2D eigenvalue weighted by Crippen LogP contribution is 2.23. The maximum atomic E-state index is 10.7. The molecule has 0 aliphatic rings. The molecule has 4 nitrogen and oxygen atoms in total. The van der Waals surface area contributed by atoms with E-state index in [4.69, 9.17) is 5.11 Å². The lowest BCUT2D eigenvalue weighted by Gasteiger charge is -2.10. The molecule has 0 aliphatic carbocycles. The summed E-state index contributed by atoms with van der Waals surface area (Å²) >= 11 is 3.00. The molecule has 0 bridgehead atoms. The number of rotatable bonds is 6. The first-order valence-electron chi connectivity index (χ1n) is 6.03. The molecule has 0 amide bonds. The van der Waals surface area contributed by atoms with Gasteiger partial charge in [0.15, 0.2) is 5.16 Å². The normalized spacial score (nSPS) is 10.8. The third-order valence-corrected chi connectivity index (χ3v) is 4.84. The summed E-state index contributed by atoms with van der Waals surface area (Å²) < 4.78 is 2.12. The number of carbonyl (C=O) groups is 1. The Morgan fingerprint density at radius 3 is 2.95 bits per heavy atom. The van der Waals surface area contributed by atoms with Crippen molar-refractivity contribution in [2.45, 2.75) is 32.0 Å². The molecule has 6 heteroatoms. The van der Waals surface area contributed by atoms with Gasteiger partial charge in [-0.25, -0.2) is 4.98 Å². The predicted octanol–water partition coefficient (Wildman–Crippen LogP) is 3.04. The van der Waals surface area contributed by atoms with E-state index in [1.165, 1.54) is 22.2 Å². The van der Waals surface area contributed by atoms with Gasteiger partial charge in [-0.05, 0) is 30.4 Å². The van der Waals surface area contributed by atoms with Gasteiger partial charge in [0.25, 0.3) is 0 Å². The minimum absolute atomic E-state index is 0.0452. The summed E-state index contributed by atoms with van der Waals surface area (Å²) in [5, 5.41) is 11.6. The van der Waals surface area contributed by atoms with E-state index in [1.54, 1.807) is 11.3 Å². The van der Waals surface area contributed by atoms with Crippen LogP contribution in [0.3, 0.4) is 0 Å². The van der Waals surface area contributed by atoms with Gasteiger partial charge in [-0.3, -0.25) is 4.79 Å². The van der Waals surface area contributed by atoms with E-state index in [2.05, 4.69) is 34.8 Å². The van der Waals surface area contributed by atoms with Gasteiger partial charge in [-0.2, -0.15) is 0 Å². The van der Waals surface area contributed by atoms with Crippen molar-refractivity contribution < 1.29 is 9.90 Å². The minimum Gasteiger partial charge on any atom is -0.481 e. The number of hydrogen-bond acceptors (Lipinski definition) is 4. The number of imidazole rings is 1. The van der Waals surface area contributed by atoms with Gasteiger partial charge in [-0.15, -0.1) is 11.3 Å². The van der Waals surface area contributed by atoms with E-state index in [9.17, 15) is 4.79 Å². The van der Waals surface area contributed by atoms with Crippen molar-refractivity contribution in [3.05, 3.63) is 33.8 Å². The van der Waals surface area contributed by atoms with Crippen LogP contribution in [0.4, 0.5) is 0 Å². The molecule has 1 N–H and O–H groups in total. The SMILES string of the molecule is CCc1cnc(SCC(=O)O)n1Cc1sccc1C. The zero-order valence-corrected chi connectivity index (χ0v) is 12.6. The average molecular weight is 296 g/mol. The Labute approximate surface area is 120 Å². The Hall–Kier alpha value is -1.27. The summed E-state index contributed by atoms with van der Waals surface area (Å²) in [7, 11) is 0. The number of carboxylic acids is 1. The Morgan fingerprint density at radius 2 is 2.37 bits per heavy atom. The molecule has 2 rings (SSSR count). The third-order valence-electron chi connectivity index (χ3n) is 2.86. The molecule has 2 aromatic heterocycles. The molecule has 19 heavy (non-hydrogen) atoms. The number of aromatic nitrogens is 2. The molecule has 0 saturated carbocycles. The highest BCUT2D eigenvalue weighted by molar-refractivity contribution is 7.99. The van der Waals surface area contributed by atoms with Gasteiger partial charge in [0.2, 0.25) is 0 Å². The minimum atomic E-state index is -0.815. The van der Waals surface area contributed by atoms with Crippen LogP contribution >= 0.6 is 23.1 Å². The van der Waals surface area contributed by atoms with Crippen molar-refractivity contribution in [3.63, 3.8) is 0 Å². The topological polar surface area (TPSA) is 55.1 Å². The summed E-state index contributed by atoms with van der Waals surface area (Å²) in [4.78, 5) is 16.3. The highest BCUT2D eigenvalue weighted by atomic mass is 32.2. The number of thiophene rings is 1. The molecule has 0 aliphatic heterocycles. The number of carboxylic acid groups (broad SMARTS) is 1. The summed E-state index contributed by atoms with van der Waals surface area (Å²) in [5.41, 5.74) is 2.41. The van der Waals surface area contributed by atoms with Gasteiger partial charge >= 0.3 is 5.97 Å². The van der Waals surface area contributed by atoms with E-state index in [0.29, 0.717) is 0 Å². The number of hydrogen-bond donors (Lipinski definition) is 1. The molecule has 2 aromatic rings. The highest BCUT2D eigenvalue weighted by Gasteiger charge is 2.12. The Morgan fingerprint density at radius 1 is 1.58 bits per heavy atom. The van der Waals surface area contributed by atoms with Crippen LogP contribution in [0, 0.1) is 6.92 Å². The van der Waals surface area contributed by atoms with Crippen LogP contribution in [0.1, 0.15) is 23.1 Å². The van der Waals surface area contributed by atoms with Crippen LogP contribution < -0.4 is 0 Å². The molecule has 0 aromatic carbocycles. The molecular formula is C13H16N2O2S2. The van der Waals surface area contributed by atoms with Crippen LogP contribution in [0.25, 0.3) is 0 Å². The quantitative estimate of drug-likeness (QED) is 0.832. The van der Waals surface area contributed by atoms with Gasteiger partial charge in [0, 0.05) is 16.8 Å². The molecule has 0 fully saturated rings. The Bertz CT molecular complexity index is 575. The van der Waals surface area contributed by atoms with Crippen molar-refractivity contribution in [2.24, 2.45) is 0 Å². The first-order chi connectivity index (χ1) is 9.11. The number of aliphatic carboxylic acids is 1. The number of nitrogens with zero attached hydrogens (tertiary/aromatic N) is 2. The van der Waals surface area contributed by atoms with Gasteiger partial charge in [0.1, 0.15) is 0 Å². The summed E-state index contributed by atoms with van der Waals surface area (Å²) in [5.74, 6) is -0.770. The average Bonchev–Trinajstić information content (AvgIpc) is 2.95.